The van der Waals surface area contributed by atoms with E-state index in [4.69, 9.17) is 0 Å². The second-order valence-electron chi connectivity index (χ2n) is 3.24. The fraction of sp³-hybridized carbons (Fsp3) is 0.143. The Kier molecular flexibility index (Phi) is 5.20. The normalized spacial score (nSPS) is 13.4. The van der Waals surface area contributed by atoms with Gasteiger partial charge in [-0.05, 0) is 12.0 Å². The number of benzene rings is 1. The van der Waals surface area contributed by atoms with E-state index in [1.165, 1.54) is 0 Å². The van der Waals surface area contributed by atoms with Crippen LogP contribution in [0, 0.1) is 0 Å². The molecule has 1 unspecified atom stereocenters. The first-order chi connectivity index (χ1) is 7.33. The minimum Gasteiger partial charge on any atom is -0.389 e. The van der Waals surface area contributed by atoms with Gasteiger partial charge >= 0.3 is 0 Å². The fourth-order valence-electron chi connectivity index (χ4n) is 1.18. The molecule has 0 radical (unpaired) electrons. The van der Waals surface area contributed by atoms with Gasteiger partial charge in [-0.2, -0.15) is 0 Å². The molecule has 15 heavy (non-hydrogen) atoms. The number of hydrogen-bond donors (Lipinski definition) is 1. The summed E-state index contributed by atoms with van der Waals surface area (Å²) in [5, 5.41) is 9.56. The number of aliphatic hydroxyl groups excluding tert-OH is 1. The highest BCUT2D eigenvalue weighted by Gasteiger charge is 1.93. The molecule has 1 aromatic rings. The van der Waals surface area contributed by atoms with Crippen molar-refractivity contribution in [2.45, 2.75) is 12.5 Å². The zero-order valence-corrected chi connectivity index (χ0v) is 8.71. The smallest absolute Gasteiger partial charge is 0.0758 e. The van der Waals surface area contributed by atoms with Crippen LogP contribution in [0.4, 0.5) is 0 Å². The molecule has 1 rings (SSSR count). The maximum atomic E-state index is 9.56. The second kappa shape index (κ2) is 6.80. The van der Waals surface area contributed by atoms with Crippen molar-refractivity contribution in [2.75, 3.05) is 0 Å². The molecule has 1 heteroatoms. The lowest BCUT2D eigenvalue weighted by atomic mass is 10.1. The average Bonchev–Trinajstić information content (AvgIpc) is 2.28. The highest BCUT2D eigenvalue weighted by atomic mass is 16.3. The number of hydrogen-bond acceptors (Lipinski definition) is 1. The molecule has 1 N–H and O–H groups in total. The van der Waals surface area contributed by atoms with E-state index in [9.17, 15) is 5.11 Å². The lowest BCUT2D eigenvalue weighted by Gasteiger charge is -1.99. The van der Waals surface area contributed by atoms with Gasteiger partial charge in [-0.15, -0.1) is 0 Å². The van der Waals surface area contributed by atoms with Crippen LogP contribution in [0.2, 0.25) is 0 Å². The van der Waals surface area contributed by atoms with Crippen LogP contribution in [0.25, 0.3) is 6.08 Å². The standard InChI is InChI=1S/C14H16O/c1-2-3-5-10-14(15)12-11-13-8-6-4-7-9-13/h2-9,11-12,14-15H,1,10H2/b5-3+,12-11+. The Morgan fingerprint density at radius 1 is 1.27 bits per heavy atom. The van der Waals surface area contributed by atoms with Gasteiger partial charge < -0.3 is 5.11 Å². The molecule has 1 aromatic carbocycles. The van der Waals surface area contributed by atoms with Gasteiger partial charge in [-0.25, -0.2) is 0 Å². The Morgan fingerprint density at radius 3 is 2.67 bits per heavy atom. The summed E-state index contributed by atoms with van der Waals surface area (Å²) in [6.07, 6.45) is 9.34. The van der Waals surface area contributed by atoms with E-state index in [1.807, 2.05) is 48.6 Å². The highest BCUT2D eigenvalue weighted by Crippen LogP contribution is 2.04. The van der Waals surface area contributed by atoms with Gasteiger partial charge in [0.2, 0.25) is 0 Å². The topological polar surface area (TPSA) is 20.2 Å². The highest BCUT2D eigenvalue weighted by molar-refractivity contribution is 5.49. The molecular weight excluding hydrogens is 184 g/mol. The molecule has 0 spiro atoms. The first-order valence-electron chi connectivity index (χ1n) is 5.02. The molecule has 0 aliphatic carbocycles. The molecule has 78 valence electrons. The maximum Gasteiger partial charge on any atom is 0.0758 e. The van der Waals surface area contributed by atoms with E-state index in [1.54, 1.807) is 12.2 Å². The van der Waals surface area contributed by atoms with Gasteiger partial charge in [0.1, 0.15) is 0 Å². The zero-order chi connectivity index (χ0) is 10.9. The Labute approximate surface area is 91.1 Å². The third kappa shape index (κ3) is 4.99. The lowest BCUT2D eigenvalue weighted by molar-refractivity contribution is 0.228. The van der Waals surface area contributed by atoms with Crippen LogP contribution in [-0.2, 0) is 0 Å². The summed E-state index contributed by atoms with van der Waals surface area (Å²) in [4.78, 5) is 0. The molecule has 1 nitrogen and oxygen atoms in total. The number of allylic oxidation sites excluding steroid dienone is 2. The van der Waals surface area contributed by atoms with E-state index in [0.29, 0.717) is 6.42 Å². The monoisotopic (exact) mass is 200 g/mol. The minimum absolute atomic E-state index is 0.429. The summed E-state index contributed by atoms with van der Waals surface area (Å²) in [5.74, 6) is 0. The molecular formula is C14H16O. The van der Waals surface area contributed by atoms with Crippen molar-refractivity contribution in [1.29, 1.82) is 0 Å². The van der Waals surface area contributed by atoms with E-state index in [0.717, 1.165) is 5.56 Å². The van der Waals surface area contributed by atoms with Gasteiger partial charge in [-0.1, -0.05) is 67.3 Å². The first kappa shape index (κ1) is 11.5. The van der Waals surface area contributed by atoms with Crippen molar-refractivity contribution < 1.29 is 5.11 Å². The van der Waals surface area contributed by atoms with Gasteiger partial charge in [0.25, 0.3) is 0 Å². The molecule has 0 aliphatic rings. The summed E-state index contributed by atoms with van der Waals surface area (Å²) in [7, 11) is 0. The van der Waals surface area contributed by atoms with Crippen LogP contribution >= 0.6 is 0 Å². The van der Waals surface area contributed by atoms with Crippen LogP contribution in [0.5, 0.6) is 0 Å². The van der Waals surface area contributed by atoms with Crippen molar-refractivity contribution in [3.63, 3.8) is 0 Å². The fourth-order valence-corrected chi connectivity index (χ4v) is 1.18. The van der Waals surface area contributed by atoms with Crippen molar-refractivity contribution in [1.82, 2.24) is 0 Å². The third-order valence-electron chi connectivity index (χ3n) is 1.96. The van der Waals surface area contributed by atoms with Gasteiger partial charge in [0.15, 0.2) is 0 Å². The lowest BCUT2D eigenvalue weighted by Crippen LogP contribution is -1.98. The first-order valence-corrected chi connectivity index (χ1v) is 5.02. The van der Waals surface area contributed by atoms with E-state index >= 15 is 0 Å². The molecule has 0 fully saturated rings. The Balaban J connectivity index is 2.44. The van der Waals surface area contributed by atoms with Gasteiger partial charge in [0.05, 0.1) is 6.10 Å². The predicted molar refractivity (Wildman–Crippen MR) is 65.4 cm³/mol. The van der Waals surface area contributed by atoms with Crippen LogP contribution in [-0.4, -0.2) is 11.2 Å². The van der Waals surface area contributed by atoms with E-state index in [-0.39, 0.29) is 0 Å². The minimum atomic E-state index is -0.429. The summed E-state index contributed by atoms with van der Waals surface area (Å²) in [6, 6.07) is 9.93. The summed E-state index contributed by atoms with van der Waals surface area (Å²) in [5.41, 5.74) is 1.10. The Morgan fingerprint density at radius 2 is 2.00 bits per heavy atom. The molecule has 0 heterocycles. The zero-order valence-electron chi connectivity index (χ0n) is 8.71. The Bertz CT molecular complexity index is 336. The predicted octanol–water partition coefficient (Wildman–Crippen LogP) is 3.19. The second-order valence-corrected chi connectivity index (χ2v) is 3.24. The largest absolute Gasteiger partial charge is 0.389 e. The quantitative estimate of drug-likeness (QED) is 0.724. The average molecular weight is 200 g/mol. The SMILES string of the molecule is C=C/C=C/CC(O)/C=C/c1ccccc1. The summed E-state index contributed by atoms with van der Waals surface area (Å²) < 4.78 is 0. The molecule has 0 amide bonds. The Hall–Kier alpha value is -1.60. The van der Waals surface area contributed by atoms with Gasteiger partial charge in [0, 0.05) is 0 Å². The van der Waals surface area contributed by atoms with Crippen LogP contribution in [0.1, 0.15) is 12.0 Å². The molecule has 1 atom stereocenters. The third-order valence-corrected chi connectivity index (χ3v) is 1.96. The molecule has 0 bridgehead atoms. The van der Waals surface area contributed by atoms with Gasteiger partial charge in [-0.3, -0.25) is 0 Å². The van der Waals surface area contributed by atoms with Crippen molar-refractivity contribution in [2.24, 2.45) is 0 Å². The molecule has 0 aromatic heterocycles. The van der Waals surface area contributed by atoms with E-state index < -0.39 is 6.10 Å². The molecule has 0 aliphatic heterocycles. The van der Waals surface area contributed by atoms with Crippen LogP contribution < -0.4 is 0 Å². The number of rotatable bonds is 5. The van der Waals surface area contributed by atoms with Crippen LogP contribution in [0.3, 0.4) is 0 Å². The molecule has 0 saturated heterocycles. The van der Waals surface area contributed by atoms with E-state index in [2.05, 4.69) is 6.58 Å². The van der Waals surface area contributed by atoms with Crippen molar-refractivity contribution >= 4 is 6.08 Å². The number of aliphatic hydroxyl groups is 1. The summed E-state index contributed by atoms with van der Waals surface area (Å²) in [6.45, 7) is 3.56. The summed E-state index contributed by atoms with van der Waals surface area (Å²) >= 11 is 0. The molecule has 0 saturated carbocycles. The van der Waals surface area contributed by atoms with Crippen LogP contribution in [0.15, 0.2) is 61.2 Å². The van der Waals surface area contributed by atoms with Crippen molar-refractivity contribution in [3.8, 4) is 0 Å². The maximum absolute atomic E-state index is 9.56. The van der Waals surface area contributed by atoms with Crippen molar-refractivity contribution in [3.05, 3.63) is 66.8 Å².